The first kappa shape index (κ1) is 15.1. The summed E-state index contributed by atoms with van der Waals surface area (Å²) in [5.74, 6) is -0.547. The standard InChI is InChI=1S/C11H13F3N2O3S/c12-11(13,14)19-9-2-1-3-10(8-9)20(17,18)16-6-4-15-5-7-16/h1-3,8,15H,4-7H2. The molecule has 0 aromatic heterocycles. The Bertz CT molecular complexity index is 569. The van der Waals surface area contributed by atoms with Gasteiger partial charge in [-0.2, -0.15) is 4.31 Å². The number of hydrogen-bond acceptors (Lipinski definition) is 4. The summed E-state index contributed by atoms with van der Waals surface area (Å²) < 4.78 is 65.9. The average molecular weight is 310 g/mol. The van der Waals surface area contributed by atoms with Crippen LogP contribution in [-0.4, -0.2) is 45.3 Å². The van der Waals surface area contributed by atoms with Crippen LogP contribution in [0.4, 0.5) is 13.2 Å². The summed E-state index contributed by atoms with van der Waals surface area (Å²) in [5, 5.41) is 3.00. The van der Waals surface area contributed by atoms with Gasteiger partial charge in [0.15, 0.2) is 0 Å². The number of rotatable bonds is 3. The van der Waals surface area contributed by atoms with Crippen LogP contribution in [-0.2, 0) is 10.0 Å². The Labute approximate surface area is 114 Å². The predicted molar refractivity (Wildman–Crippen MR) is 64.8 cm³/mol. The highest BCUT2D eigenvalue weighted by Crippen LogP contribution is 2.26. The van der Waals surface area contributed by atoms with Crippen molar-refractivity contribution in [2.75, 3.05) is 26.2 Å². The number of halogens is 3. The second kappa shape index (κ2) is 5.58. The van der Waals surface area contributed by atoms with Crippen LogP contribution in [0.25, 0.3) is 0 Å². The molecule has 20 heavy (non-hydrogen) atoms. The minimum Gasteiger partial charge on any atom is -0.406 e. The third kappa shape index (κ3) is 3.62. The largest absolute Gasteiger partial charge is 0.573 e. The second-order valence-corrected chi connectivity index (χ2v) is 6.11. The molecule has 0 radical (unpaired) electrons. The molecule has 1 fully saturated rings. The van der Waals surface area contributed by atoms with E-state index in [1.54, 1.807) is 0 Å². The summed E-state index contributed by atoms with van der Waals surface area (Å²) in [6.45, 7) is 1.59. The lowest BCUT2D eigenvalue weighted by molar-refractivity contribution is -0.274. The molecule has 1 aliphatic heterocycles. The Kier molecular flexibility index (Phi) is 4.21. The maximum Gasteiger partial charge on any atom is 0.573 e. The summed E-state index contributed by atoms with van der Waals surface area (Å²) in [7, 11) is -3.79. The highest BCUT2D eigenvalue weighted by molar-refractivity contribution is 7.89. The van der Waals surface area contributed by atoms with Gasteiger partial charge in [-0.3, -0.25) is 0 Å². The van der Waals surface area contributed by atoms with E-state index in [0.717, 1.165) is 12.1 Å². The van der Waals surface area contributed by atoms with E-state index in [-0.39, 0.29) is 18.0 Å². The molecule has 0 atom stereocenters. The summed E-state index contributed by atoms with van der Waals surface area (Å²) >= 11 is 0. The Morgan fingerprint density at radius 2 is 1.85 bits per heavy atom. The molecule has 0 unspecified atom stereocenters. The van der Waals surface area contributed by atoms with Crippen molar-refractivity contribution in [1.29, 1.82) is 0 Å². The highest BCUT2D eigenvalue weighted by Gasteiger charge is 2.32. The van der Waals surface area contributed by atoms with Gasteiger partial charge in [0.1, 0.15) is 5.75 Å². The van der Waals surface area contributed by atoms with Crippen molar-refractivity contribution in [3.8, 4) is 5.75 Å². The van der Waals surface area contributed by atoms with Crippen molar-refractivity contribution in [3.63, 3.8) is 0 Å². The van der Waals surface area contributed by atoms with Crippen LogP contribution in [0.2, 0.25) is 0 Å². The molecular formula is C11H13F3N2O3S. The number of nitrogens with one attached hydrogen (secondary N) is 1. The van der Waals surface area contributed by atoms with Gasteiger partial charge in [0, 0.05) is 32.2 Å². The van der Waals surface area contributed by atoms with Crippen molar-refractivity contribution in [1.82, 2.24) is 9.62 Å². The monoisotopic (exact) mass is 310 g/mol. The zero-order valence-electron chi connectivity index (χ0n) is 10.4. The predicted octanol–water partition coefficient (Wildman–Crippen LogP) is 1.18. The quantitative estimate of drug-likeness (QED) is 0.911. The lowest BCUT2D eigenvalue weighted by atomic mass is 10.3. The normalized spacial score (nSPS) is 17.9. The lowest BCUT2D eigenvalue weighted by Gasteiger charge is -2.26. The lowest BCUT2D eigenvalue weighted by Crippen LogP contribution is -2.46. The van der Waals surface area contributed by atoms with E-state index >= 15 is 0 Å². The number of ether oxygens (including phenoxy) is 1. The molecule has 1 saturated heterocycles. The molecule has 0 aliphatic carbocycles. The molecule has 0 amide bonds. The summed E-state index contributed by atoms with van der Waals surface area (Å²) in [5.41, 5.74) is 0. The first-order valence-electron chi connectivity index (χ1n) is 5.86. The Balaban J connectivity index is 2.25. The van der Waals surface area contributed by atoms with Crippen LogP contribution < -0.4 is 10.1 Å². The molecule has 1 heterocycles. The zero-order chi connectivity index (χ0) is 14.8. The molecule has 2 rings (SSSR count). The van der Waals surface area contributed by atoms with Gasteiger partial charge in [0.25, 0.3) is 0 Å². The number of benzene rings is 1. The van der Waals surface area contributed by atoms with Crippen molar-refractivity contribution < 1.29 is 26.3 Å². The van der Waals surface area contributed by atoms with E-state index in [1.807, 2.05) is 0 Å². The van der Waals surface area contributed by atoms with Crippen LogP contribution in [0.1, 0.15) is 0 Å². The van der Waals surface area contributed by atoms with E-state index < -0.39 is 22.1 Å². The average Bonchev–Trinajstić information content (AvgIpc) is 2.38. The fraction of sp³-hybridized carbons (Fsp3) is 0.455. The van der Waals surface area contributed by atoms with Gasteiger partial charge in [-0.05, 0) is 12.1 Å². The zero-order valence-corrected chi connectivity index (χ0v) is 11.2. The molecule has 0 saturated carbocycles. The molecule has 1 N–H and O–H groups in total. The maximum atomic E-state index is 12.3. The van der Waals surface area contributed by atoms with Crippen molar-refractivity contribution >= 4 is 10.0 Å². The summed E-state index contributed by atoms with van der Waals surface area (Å²) in [6, 6.07) is 4.41. The molecule has 5 nitrogen and oxygen atoms in total. The van der Waals surface area contributed by atoms with Gasteiger partial charge < -0.3 is 10.1 Å². The van der Waals surface area contributed by atoms with E-state index in [1.165, 1.54) is 16.4 Å². The second-order valence-electron chi connectivity index (χ2n) is 4.18. The molecule has 1 aliphatic rings. The molecular weight excluding hydrogens is 297 g/mol. The van der Waals surface area contributed by atoms with Crippen LogP contribution in [0.5, 0.6) is 5.75 Å². The molecule has 9 heteroatoms. The Morgan fingerprint density at radius 3 is 2.45 bits per heavy atom. The minimum atomic E-state index is -4.85. The molecule has 0 bridgehead atoms. The third-order valence-corrected chi connectivity index (χ3v) is 4.65. The Morgan fingerprint density at radius 1 is 1.20 bits per heavy atom. The number of piperazine rings is 1. The fourth-order valence-electron chi connectivity index (χ4n) is 1.87. The van der Waals surface area contributed by atoms with Gasteiger partial charge >= 0.3 is 6.36 Å². The Hall–Kier alpha value is -1.32. The third-order valence-electron chi connectivity index (χ3n) is 2.75. The van der Waals surface area contributed by atoms with E-state index in [2.05, 4.69) is 10.1 Å². The molecule has 1 aromatic carbocycles. The van der Waals surface area contributed by atoms with E-state index in [0.29, 0.717) is 13.1 Å². The topological polar surface area (TPSA) is 58.6 Å². The van der Waals surface area contributed by atoms with Crippen molar-refractivity contribution in [2.45, 2.75) is 11.3 Å². The maximum absolute atomic E-state index is 12.3. The van der Waals surface area contributed by atoms with E-state index in [4.69, 9.17) is 0 Å². The SMILES string of the molecule is O=S(=O)(c1cccc(OC(F)(F)F)c1)N1CCNCC1. The minimum absolute atomic E-state index is 0.207. The summed E-state index contributed by atoms with van der Waals surface area (Å²) in [4.78, 5) is -0.207. The number of nitrogens with zero attached hydrogens (tertiary/aromatic N) is 1. The van der Waals surface area contributed by atoms with Crippen LogP contribution in [0.15, 0.2) is 29.2 Å². The van der Waals surface area contributed by atoms with Crippen molar-refractivity contribution in [2.24, 2.45) is 0 Å². The van der Waals surface area contributed by atoms with Gasteiger partial charge in [0.2, 0.25) is 10.0 Å². The van der Waals surface area contributed by atoms with Crippen LogP contribution >= 0.6 is 0 Å². The highest BCUT2D eigenvalue weighted by atomic mass is 32.2. The first-order valence-corrected chi connectivity index (χ1v) is 7.30. The van der Waals surface area contributed by atoms with Crippen LogP contribution in [0, 0.1) is 0 Å². The van der Waals surface area contributed by atoms with Gasteiger partial charge in [-0.15, -0.1) is 13.2 Å². The van der Waals surface area contributed by atoms with Gasteiger partial charge in [-0.25, -0.2) is 8.42 Å². The number of sulfonamides is 1. The summed E-state index contributed by atoms with van der Waals surface area (Å²) in [6.07, 6.45) is -4.85. The van der Waals surface area contributed by atoms with Gasteiger partial charge in [0.05, 0.1) is 4.90 Å². The van der Waals surface area contributed by atoms with Gasteiger partial charge in [-0.1, -0.05) is 6.07 Å². The molecule has 112 valence electrons. The number of alkyl halides is 3. The molecule has 0 spiro atoms. The van der Waals surface area contributed by atoms with E-state index in [9.17, 15) is 21.6 Å². The molecule has 1 aromatic rings. The van der Waals surface area contributed by atoms with Crippen molar-refractivity contribution in [3.05, 3.63) is 24.3 Å². The smallest absolute Gasteiger partial charge is 0.406 e. The first-order chi connectivity index (χ1) is 9.29. The fourth-order valence-corrected chi connectivity index (χ4v) is 3.34. The van der Waals surface area contributed by atoms with Crippen LogP contribution in [0.3, 0.4) is 0 Å². The number of hydrogen-bond donors (Lipinski definition) is 1.